The molecular weight excluding hydrogens is 675 g/mol. The Morgan fingerprint density at radius 3 is 1.52 bits per heavy atom. The highest BCUT2D eigenvalue weighted by atomic mass is 15.1. The number of rotatable bonds is 8. The van der Waals surface area contributed by atoms with Gasteiger partial charge in [0.1, 0.15) is 0 Å². The van der Waals surface area contributed by atoms with Crippen LogP contribution in [0, 0.1) is 0 Å². The average molecular weight is 716 g/mol. The average Bonchev–Trinajstić information content (AvgIpc) is 3.60. The summed E-state index contributed by atoms with van der Waals surface area (Å²) in [5.74, 6) is 0. The van der Waals surface area contributed by atoms with Crippen molar-refractivity contribution < 1.29 is 2.74 Å². The zero-order chi connectivity index (χ0) is 39.1. The van der Waals surface area contributed by atoms with Gasteiger partial charge in [-0.05, 0) is 115 Å². The van der Waals surface area contributed by atoms with Crippen molar-refractivity contribution in [3.8, 4) is 22.3 Å². The molecule has 9 aromatic carbocycles. The lowest BCUT2D eigenvalue weighted by atomic mass is 9.67. The predicted octanol–water partition coefficient (Wildman–Crippen LogP) is 14.5. The highest BCUT2D eigenvalue weighted by Gasteiger charge is 2.46. The lowest BCUT2D eigenvalue weighted by Gasteiger charge is -2.34. The van der Waals surface area contributed by atoms with Gasteiger partial charge in [-0.1, -0.05) is 188 Å². The van der Waals surface area contributed by atoms with E-state index < -0.39 is 5.41 Å². The van der Waals surface area contributed by atoms with Crippen LogP contribution in [0.1, 0.15) is 36.1 Å². The first-order valence-corrected chi connectivity index (χ1v) is 19.2. The van der Waals surface area contributed by atoms with E-state index in [2.05, 4.69) is 193 Å². The molecule has 0 saturated carbocycles. The number of benzene rings is 9. The lowest BCUT2D eigenvalue weighted by molar-refractivity contribution is 0.769. The van der Waals surface area contributed by atoms with Crippen LogP contribution in [0.5, 0.6) is 0 Å². The second-order valence-electron chi connectivity index (χ2n) is 14.4. The first kappa shape index (κ1) is 31.2. The summed E-state index contributed by atoms with van der Waals surface area (Å²) < 4.78 is 18.2. The third-order valence-corrected chi connectivity index (χ3v) is 11.1. The molecule has 1 aliphatic carbocycles. The summed E-state index contributed by atoms with van der Waals surface area (Å²) in [6.45, 7) is 0. The first-order chi connectivity index (χ1) is 28.6. The van der Waals surface area contributed by atoms with Crippen molar-refractivity contribution >= 4 is 39.9 Å². The molecule has 0 spiro atoms. The monoisotopic (exact) mass is 715 g/mol. The molecule has 9 aromatic rings. The summed E-state index contributed by atoms with van der Waals surface area (Å²) in [7, 11) is 0. The van der Waals surface area contributed by atoms with Crippen molar-refractivity contribution in [2.75, 3.05) is 4.90 Å². The van der Waals surface area contributed by atoms with E-state index in [1.807, 2.05) is 36.4 Å². The van der Waals surface area contributed by atoms with Crippen LogP contribution < -0.4 is 4.90 Å². The molecule has 0 atom stereocenters. The van der Waals surface area contributed by atoms with Crippen LogP contribution in [0.3, 0.4) is 0 Å². The maximum absolute atomic E-state index is 9.12. The predicted molar refractivity (Wildman–Crippen MR) is 237 cm³/mol. The SMILES string of the molecule is [2H]/C(=C(/[2H])c1ccc2cc(N(c3ccccc3)c3ccccc3)ccc2c1)c1ccc(-c2ccc3c(c2)C(c2ccccc2)(c2ccccc2)c2ccccc2-3)cc1. The van der Waals surface area contributed by atoms with Gasteiger partial charge in [-0.25, -0.2) is 0 Å². The summed E-state index contributed by atoms with van der Waals surface area (Å²) in [5, 5.41) is 2.10. The van der Waals surface area contributed by atoms with Crippen molar-refractivity contribution in [3.05, 3.63) is 258 Å². The quantitative estimate of drug-likeness (QED) is 0.142. The molecule has 1 heteroatoms. The van der Waals surface area contributed by atoms with Crippen molar-refractivity contribution in [1.82, 2.24) is 0 Å². The summed E-state index contributed by atoms with van der Waals surface area (Å²) in [6, 6.07) is 79.1. The van der Waals surface area contributed by atoms with Crippen molar-refractivity contribution in [1.29, 1.82) is 0 Å². The third-order valence-electron chi connectivity index (χ3n) is 11.1. The molecule has 0 N–H and O–H groups in total. The minimum absolute atomic E-state index is 0.193. The molecule has 0 aromatic heterocycles. The van der Waals surface area contributed by atoms with Crippen molar-refractivity contribution in [2.24, 2.45) is 0 Å². The normalized spacial score (nSPS) is 13.6. The molecule has 0 heterocycles. The first-order valence-electron chi connectivity index (χ1n) is 20.2. The highest BCUT2D eigenvalue weighted by Crippen LogP contribution is 2.56. The van der Waals surface area contributed by atoms with E-state index in [4.69, 9.17) is 2.74 Å². The van der Waals surface area contributed by atoms with Gasteiger partial charge < -0.3 is 4.90 Å². The standard InChI is InChI=1S/C55H39N/c1-5-15-46(16-6-1)55(47-17-7-2-8-18-47)53-24-14-13-23-51(53)52-36-34-45(39-54(52)55)42-30-27-40(28-31-42)25-26-41-29-32-44-38-50(35-33-43(44)37-41)56(48-19-9-3-10-20-48)49-21-11-4-12-22-49/h1-39H/b26-25+/i25D,26D. The van der Waals surface area contributed by atoms with Crippen LogP contribution in [-0.4, -0.2) is 0 Å². The number of hydrogen-bond acceptors (Lipinski definition) is 1. The smallest absolute Gasteiger partial charge is 0.0713 e. The minimum atomic E-state index is -0.466. The maximum Gasteiger partial charge on any atom is 0.0713 e. The summed E-state index contributed by atoms with van der Waals surface area (Å²) in [6.07, 6.45) is 0. The van der Waals surface area contributed by atoms with Crippen LogP contribution in [-0.2, 0) is 5.41 Å². The van der Waals surface area contributed by atoms with Gasteiger partial charge in [0.25, 0.3) is 0 Å². The Hall–Kier alpha value is -7.22. The molecule has 0 saturated heterocycles. The molecular formula is C55H39N. The van der Waals surface area contributed by atoms with E-state index in [0.29, 0.717) is 11.1 Å². The van der Waals surface area contributed by atoms with E-state index in [0.717, 1.165) is 39.0 Å². The summed E-state index contributed by atoms with van der Waals surface area (Å²) in [4.78, 5) is 2.25. The van der Waals surface area contributed by atoms with E-state index >= 15 is 0 Å². The molecule has 264 valence electrons. The Morgan fingerprint density at radius 2 is 0.857 bits per heavy atom. The minimum Gasteiger partial charge on any atom is -0.310 e. The van der Waals surface area contributed by atoms with Gasteiger partial charge >= 0.3 is 0 Å². The highest BCUT2D eigenvalue weighted by molar-refractivity contribution is 5.92. The fourth-order valence-electron chi connectivity index (χ4n) is 8.57. The lowest BCUT2D eigenvalue weighted by Crippen LogP contribution is -2.28. The fraction of sp³-hybridized carbons (Fsp3) is 0.0182. The summed E-state index contributed by atoms with van der Waals surface area (Å²) in [5.41, 5.74) is 13.9. The molecule has 0 aliphatic heterocycles. The summed E-state index contributed by atoms with van der Waals surface area (Å²) >= 11 is 0. The number of hydrogen-bond donors (Lipinski definition) is 0. The zero-order valence-electron chi connectivity index (χ0n) is 32.8. The van der Waals surface area contributed by atoms with Crippen LogP contribution >= 0.6 is 0 Å². The molecule has 0 radical (unpaired) electrons. The van der Waals surface area contributed by atoms with Crippen LogP contribution in [0.15, 0.2) is 224 Å². The molecule has 0 bridgehead atoms. The molecule has 10 rings (SSSR count). The Morgan fingerprint density at radius 1 is 0.357 bits per heavy atom. The second-order valence-corrected chi connectivity index (χ2v) is 14.4. The Balaban J connectivity index is 0.982. The fourth-order valence-corrected chi connectivity index (χ4v) is 8.57. The second kappa shape index (κ2) is 14.2. The van der Waals surface area contributed by atoms with E-state index in [1.54, 1.807) is 0 Å². The van der Waals surface area contributed by atoms with Gasteiger partial charge in [-0.3, -0.25) is 0 Å². The number of para-hydroxylation sites is 2. The topological polar surface area (TPSA) is 3.24 Å². The third kappa shape index (κ3) is 5.82. The Labute approximate surface area is 331 Å². The van der Waals surface area contributed by atoms with Crippen LogP contribution in [0.2, 0.25) is 0 Å². The molecule has 0 amide bonds. The molecule has 0 unspecified atom stereocenters. The van der Waals surface area contributed by atoms with Gasteiger partial charge in [-0.15, -0.1) is 0 Å². The van der Waals surface area contributed by atoms with E-state index in [1.165, 1.54) is 33.4 Å². The van der Waals surface area contributed by atoms with Crippen LogP contribution in [0.25, 0.3) is 45.1 Å². The Bertz CT molecular complexity index is 2860. The molecule has 56 heavy (non-hydrogen) atoms. The number of anilines is 3. The largest absolute Gasteiger partial charge is 0.310 e. The van der Waals surface area contributed by atoms with Gasteiger partial charge in [-0.2, -0.15) is 0 Å². The zero-order valence-corrected chi connectivity index (χ0v) is 30.8. The van der Waals surface area contributed by atoms with Gasteiger partial charge in [0.15, 0.2) is 0 Å². The number of nitrogens with zero attached hydrogens (tertiary/aromatic N) is 1. The Kier molecular flexibility index (Phi) is 7.91. The number of fused-ring (bicyclic) bond motifs is 4. The molecule has 1 aliphatic rings. The molecule has 0 fully saturated rings. The van der Waals surface area contributed by atoms with Gasteiger partial charge in [0, 0.05) is 17.1 Å². The van der Waals surface area contributed by atoms with Gasteiger partial charge in [0.05, 0.1) is 8.16 Å². The maximum atomic E-state index is 9.12. The van der Waals surface area contributed by atoms with Gasteiger partial charge in [0.2, 0.25) is 0 Å². The van der Waals surface area contributed by atoms with E-state index in [9.17, 15) is 0 Å². The van der Waals surface area contributed by atoms with E-state index in [-0.39, 0.29) is 12.1 Å². The van der Waals surface area contributed by atoms with Crippen LogP contribution in [0.4, 0.5) is 17.1 Å². The molecule has 1 nitrogen and oxygen atoms in total. The van der Waals surface area contributed by atoms with Crippen molar-refractivity contribution in [2.45, 2.75) is 5.41 Å². The van der Waals surface area contributed by atoms with Crippen molar-refractivity contribution in [3.63, 3.8) is 0 Å².